The summed E-state index contributed by atoms with van der Waals surface area (Å²) in [6.45, 7) is -2.32. The van der Waals surface area contributed by atoms with Crippen molar-refractivity contribution in [2.75, 3.05) is 0 Å². The minimum Gasteiger partial charge on any atom is -0.360 e. The molecule has 0 amide bonds. The van der Waals surface area contributed by atoms with Crippen LogP contribution in [0, 0.1) is 0 Å². The van der Waals surface area contributed by atoms with Gasteiger partial charge >= 0.3 is 0 Å². The quantitative estimate of drug-likeness (QED) is 0.310. The number of Topliss-reactive ketones (excluding diaryl/α,β-unsaturated/α-hetero) is 1. The molecule has 0 saturated carbocycles. The van der Waals surface area contributed by atoms with E-state index >= 15 is 0 Å². The number of hydrogen-bond acceptors (Lipinski definition) is 1. The van der Waals surface area contributed by atoms with Crippen LogP contribution in [0.1, 0.15) is 10.4 Å². The molecule has 5 aromatic rings. The molecule has 0 bridgehead atoms. The number of para-hydroxylation sites is 1. The number of H-pyrrole nitrogens is 1. The molecule has 5 rings (SSSR count). The highest BCUT2D eigenvalue weighted by Crippen LogP contribution is 2.44. The second kappa shape index (κ2) is 8.26. The van der Waals surface area contributed by atoms with Gasteiger partial charge in [0.25, 0.3) is 0 Å². The van der Waals surface area contributed by atoms with Crippen molar-refractivity contribution in [3.8, 4) is 0 Å². The van der Waals surface area contributed by atoms with Gasteiger partial charge in [0.1, 0.15) is 0 Å². The van der Waals surface area contributed by atoms with Gasteiger partial charge in [-0.1, -0.05) is 109 Å². The first-order valence-electron chi connectivity index (χ1n) is 10.3. The Morgan fingerprint density at radius 3 is 1.58 bits per heavy atom. The van der Waals surface area contributed by atoms with Gasteiger partial charge < -0.3 is 4.98 Å². The van der Waals surface area contributed by atoms with E-state index in [2.05, 4.69) is 77.8 Å². The lowest BCUT2D eigenvalue weighted by atomic mass is 10.1. The van der Waals surface area contributed by atoms with Crippen LogP contribution in [0.3, 0.4) is 0 Å². The van der Waals surface area contributed by atoms with E-state index in [-0.39, 0.29) is 5.78 Å². The monoisotopic (exact) mass is 419 g/mol. The smallest absolute Gasteiger partial charge is 0.189 e. The summed E-state index contributed by atoms with van der Waals surface area (Å²) in [5.41, 5.74) is 1.69. The molecule has 0 unspecified atom stereocenters. The van der Waals surface area contributed by atoms with Gasteiger partial charge in [0.15, 0.2) is 5.78 Å². The standard InChI is InChI=1S/C28H22NOP/c30-28(26-20-29-27-19-11-10-18-25(26)27)21-31(22-12-4-1-5-13-22,23-14-6-2-7-15-23)24-16-8-3-9-17-24/h1-21,29H. The lowest BCUT2D eigenvalue weighted by molar-refractivity contribution is 0.107. The van der Waals surface area contributed by atoms with Gasteiger partial charge in [-0.2, -0.15) is 0 Å². The van der Waals surface area contributed by atoms with Gasteiger partial charge in [-0.25, -0.2) is 0 Å². The first-order valence-corrected chi connectivity index (χ1v) is 12.2. The van der Waals surface area contributed by atoms with Crippen LogP contribution in [0.2, 0.25) is 0 Å². The number of aromatic nitrogens is 1. The van der Waals surface area contributed by atoms with E-state index in [0.717, 1.165) is 10.9 Å². The Morgan fingerprint density at radius 2 is 1.06 bits per heavy atom. The molecule has 4 aromatic carbocycles. The van der Waals surface area contributed by atoms with Gasteiger partial charge in [0.2, 0.25) is 0 Å². The van der Waals surface area contributed by atoms with Crippen LogP contribution in [0.4, 0.5) is 0 Å². The third kappa shape index (κ3) is 3.46. The van der Waals surface area contributed by atoms with Crippen molar-refractivity contribution in [2.45, 2.75) is 0 Å². The SMILES string of the molecule is O=C(C=P(c1ccccc1)(c1ccccc1)c1ccccc1)c1c[nH]c2ccccc12. The largest absolute Gasteiger partial charge is 0.360 e. The number of carbonyl (C=O) groups is 1. The van der Waals surface area contributed by atoms with Gasteiger partial charge in [0.05, 0.1) is 0 Å². The Balaban J connectivity index is 1.84. The molecule has 0 fully saturated rings. The number of benzene rings is 4. The van der Waals surface area contributed by atoms with E-state index in [1.54, 1.807) is 0 Å². The molecule has 0 radical (unpaired) electrons. The Hall–Kier alpha value is -3.61. The summed E-state index contributed by atoms with van der Waals surface area (Å²) < 4.78 is 0. The number of rotatable bonds is 5. The fraction of sp³-hybridized carbons (Fsp3) is 0. The topological polar surface area (TPSA) is 32.9 Å². The number of hydrogen-bond donors (Lipinski definition) is 1. The van der Waals surface area contributed by atoms with Crippen LogP contribution >= 0.6 is 6.89 Å². The van der Waals surface area contributed by atoms with E-state index in [1.807, 2.05) is 54.5 Å². The van der Waals surface area contributed by atoms with Gasteiger partial charge in [-0.3, -0.25) is 4.79 Å². The van der Waals surface area contributed by atoms with Gasteiger partial charge in [-0.05, 0) is 34.7 Å². The predicted molar refractivity (Wildman–Crippen MR) is 134 cm³/mol. The average Bonchev–Trinajstić information content (AvgIpc) is 3.29. The highest BCUT2D eigenvalue weighted by Gasteiger charge is 2.27. The molecule has 2 nitrogen and oxygen atoms in total. The maximum absolute atomic E-state index is 13.8. The van der Waals surface area contributed by atoms with Crippen molar-refractivity contribution >= 4 is 45.3 Å². The maximum atomic E-state index is 13.8. The molecule has 3 heteroatoms. The summed E-state index contributed by atoms with van der Waals surface area (Å²) >= 11 is 0. The summed E-state index contributed by atoms with van der Waals surface area (Å²) in [6.07, 6.45) is 1.83. The molecule has 1 heterocycles. The van der Waals surface area contributed by atoms with E-state index in [9.17, 15) is 4.79 Å². The minimum absolute atomic E-state index is 0.0438. The maximum Gasteiger partial charge on any atom is 0.189 e. The lowest BCUT2D eigenvalue weighted by Gasteiger charge is -2.28. The Bertz CT molecular complexity index is 1280. The highest BCUT2D eigenvalue weighted by molar-refractivity contribution is 7.95. The molecule has 150 valence electrons. The van der Waals surface area contributed by atoms with E-state index in [0.29, 0.717) is 5.56 Å². The van der Waals surface area contributed by atoms with Gasteiger partial charge in [-0.15, -0.1) is 0 Å². The molecule has 0 aliphatic carbocycles. The Kier molecular flexibility index (Phi) is 5.16. The third-order valence-corrected chi connectivity index (χ3v) is 9.62. The molecule has 0 saturated heterocycles. The lowest BCUT2D eigenvalue weighted by Crippen LogP contribution is -2.28. The normalized spacial score (nSPS) is 11.4. The van der Waals surface area contributed by atoms with Crippen LogP contribution in [0.5, 0.6) is 0 Å². The zero-order valence-corrected chi connectivity index (χ0v) is 17.9. The number of aromatic amines is 1. The fourth-order valence-corrected chi connectivity index (χ4v) is 7.94. The number of fused-ring (bicyclic) bond motifs is 1. The molecule has 1 N–H and O–H groups in total. The molecular formula is C28H22NOP. The van der Waals surface area contributed by atoms with Crippen molar-refractivity contribution in [1.29, 1.82) is 0 Å². The molecular weight excluding hydrogens is 397 g/mol. The summed E-state index contributed by atoms with van der Waals surface area (Å²) in [6, 6.07) is 39.2. The predicted octanol–water partition coefficient (Wildman–Crippen LogP) is 5.15. The fourth-order valence-electron chi connectivity index (χ4n) is 4.18. The first-order chi connectivity index (χ1) is 15.3. The molecule has 0 atom stereocenters. The van der Waals surface area contributed by atoms with Gasteiger partial charge in [0, 0.05) is 22.7 Å². The van der Waals surface area contributed by atoms with Crippen molar-refractivity contribution in [3.05, 3.63) is 127 Å². The van der Waals surface area contributed by atoms with Crippen molar-refractivity contribution in [1.82, 2.24) is 4.98 Å². The minimum atomic E-state index is -2.32. The van der Waals surface area contributed by atoms with E-state index in [1.165, 1.54) is 15.9 Å². The van der Waals surface area contributed by atoms with Crippen LogP contribution in [0.15, 0.2) is 121 Å². The molecule has 0 aliphatic rings. The van der Waals surface area contributed by atoms with Crippen LogP contribution in [0.25, 0.3) is 10.9 Å². The van der Waals surface area contributed by atoms with Crippen molar-refractivity contribution in [3.63, 3.8) is 0 Å². The third-order valence-electron chi connectivity index (χ3n) is 5.66. The molecule has 0 spiro atoms. The summed E-state index contributed by atoms with van der Waals surface area (Å²) in [5.74, 6) is 2.03. The van der Waals surface area contributed by atoms with Crippen molar-refractivity contribution < 1.29 is 4.79 Å². The zero-order chi connectivity index (χ0) is 21.1. The molecule has 0 aliphatic heterocycles. The van der Waals surface area contributed by atoms with E-state index in [4.69, 9.17) is 0 Å². The summed E-state index contributed by atoms with van der Waals surface area (Å²) in [5, 5.41) is 4.46. The first kappa shape index (κ1) is 19.4. The van der Waals surface area contributed by atoms with Crippen LogP contribution in [-0.4, -0.2) is 16.6 Å². The second-order valence-electron chi connectivity index (χ2n) is 7.47. The Labute approximate surface area is 182 Å². The molecule has 31 heavy (non-hydrogen) atoms. The van der Waals surface area contributed by atoms with Crippen LogP contribution < -0.4 is 15.9 Å². The zero-order valence-electron chi connectivity index (χ0n) is 17.0. The second-order valence-corrected chi connectivity index (χ2v) is 10.7. The highest BCUT2D eigenvalue weighted by atomic mass is 31.2. The van der Waals surface area contributed by atoms with Crippen LogP contribution in [-0.2, 0) is 0 Å². The number of nitrogens with one attached hydrogen (secondary N) is 1. The van der Waals surface area contributed by atoms with E-state index < -0.39 is 6.89 Å². The Morgan fingerprint density at radius 1 is 0.613 bits per heavy atom. The number of carbonyl (C=O) groups excluding carboxylic acids is 1. The van der Waals surface area contributed by atoms with Crippen molar-refractivity contribution in [2.24, 2.45) is 0 Å². The number of ketones is 1. The average molecular weight is 419 g/mol. The summed E-state index contributed by atoms with van der Waals surface area (Å²) in [4.78, 5) is 17.1. The molecule has 1 aromatic heterocycles. The summed E-state index contributed by atoms with van der Waals surface area (Å²) in [7, 11) is 0.